The van der Waals surface area contributed by atoms with Crippen LogP contribution in [0.5, 0.6) is 0 Å². The molecule has 1 heterocycles. The molecule has 0 unspecified atom stereocenters. The first-order chi connectivity index (χ1) is 20.9. The molecule has 2 aromatic carbocycles. The number of rotatable bonds is 14. The lowest BCUT2D eigenvalue weighted by atomic mass is 9.93. The van der Waals surface area contributed by atoms with E-state index in [9.17, 15) is 29.5 Å². The summed E-state index contributed by atoms with van der Waals surface area (Å²) in [4.78, 5) is 49.5. The van der Waals surface area contributed by atoms with Gasteiger partial charge in [0.2, 0.25) is 6.79 Å². The lowest BCUT2D eigenvalue weighted by Gasteiger charge is -2.25. The maximum absolute atomic E-state index is 12.7. The van der Waals surface area contributed by atoms with Crippen molar-refractivity contribution in [2.75, 3.05) is 20.4 Å². The molecule has 0 aliphatic carbocycles. The highest BCUT2D eigenvalue weighted by molar-refractivity contribution is 6.35. The Hall–Kier alpha value is -4.24. The van der Waals surface area contributed by atoms with Crippen molar-refractivity contribution in [2.24, 2.45) is 11.8 Å². The number of nitrogens with one attached hydrogen (secondary N) is 1. The molecule has 44 heavy (non-hydrogen) atoms. The van der Waals surface area contributed by atoms with Crippen molar-refractivity contribution in [2.45, 2.75) is 32.9 Å². The van der Waals surface area contributed by atoms with Gasteiger partial charge in [0.25, 0.3) is 5.91 Å². The van der Waals surface area contributed by atoms with Crippen molar-refractivity contribution in [3.8, 4) is 11.1 Å². The number of aliphatic hydroxyl groups is 1. The molecule has 0 bridgehead atoms. The van der Waals surface area contributed by atoms with Crippen molar-refractivity contribution in [3.63, 3.8) is 0 Å². The largest absolute Gasteiger partial charge is 0.469 e. The van der Waals surface area contributed by atoms with Crippen LogP contribution in [0.1, 0.15) is 36.3 Å². The predicted molar refractivity (Wildman–Crippen MR) is 155 cm³/mol. The molecular formula is C28H31Cl2N5O9. The van der Waals surface area contributed by atoms with Crippen LogP contribution in [-0.2, 0) is 35.1 Å². The average molecular weight is 652 g/mol. The van der Waals surface area contributed by atoms with E-state index >= 15 is 0 Å². The van der Waals surface area contributed by atoms with Crippen LogP contribution in [0.2, 0.25) is 10.0 Å². The number of benzene rings is 2. The summed E-state index contributed by atoms with van der Waals surface area (Å²) in [5.41, 5.74) is 4.42. The molecule has 0 saturated carbocycles. The van der Waals surface area contributed by atoms with Gasteiger partial charge in [0.15, 0.2) is 11.8 Å². The van der Waals surface area contributed by atoms with Crippen molar-refractivity contribution >= 4 is 47.0 Å². The van der Waals surface area contributed by atoms with E-state index in [-0.39, 0.29) is 24.6 Å². The van der Waals surface area contributed by atoms with E-state index in [1.54, 1.807) is 56.3 Å². The van der Waals surface area contributed by atoms with E-state index < -0.39 is 49.2 Å². The molecule has 1 aromatic heterocycles. The van der Waals surface area contributed by atoms with Crippen LogP contribution >= 0.6 is 23.2 Å². The summed E-state index contributed by atoms with van der Waals surface area (Å²) >= 11 is 12.4. The maximum atomic E-state index is 12.7. The van der Waals surface area contributed by atoms with Crippen molar-refractivity contribution < 1.29 is 43.7 Å². The minimum Gasteiger partial charge on any atom is -0.469 e. The molecular weight excluding hydrogens is 621 g/mol. The summed E-state index contributed by atoms with van der Waals surface area (Å²) in [5, 5.41) is 29.0. The fourth-order valence-corrected chi connectivity index (χ4v) is 4.32. The molecule has 0 fully saturated rings. The monoisotopic (exact) mass is 651 g/mol. The van der Waals surface area contributed by atoms with Gasteiger partial charge in [-0.25, -0.2) is 9.80 Å². The number of halogens is 2. The summed E-state index contributed by atoms with van der Waals surface area (Å²) in [7, 11) is 1.20. The summed E-state index contributed by atoms with van der Waals surface area (Å²) < 4.78 is 14.5. The van der Waals surface area contributed by atoms with Gasteiger partial charge in [-0.1, -0.05) is 66.2 Å². The fourth-order valence-electron chi connectivity index (χ4n) is 3.92. The first kappa shape index (κ1) is 34.3. The zero-order valence-corrected chi connectivity index (χ0v) is 25.5. The van der Waals surface area contributed by atoms with Crippen LogP contribution < -0.4 is 5.43 Å². The van der Waals surface area contributed by atoms with Crippen LogP contribution in [-0.4, -0.2) is 80.8 Å². The third-order valence-electron chi connectivity index (χ3n) is 6.33. The molecule has 0 spiro atoms. The summed E-state index contributed by atoms with van der Waals surface area (Å²) in [5.74, 6) is -4.38. The van der Waals surface area contributed by atoms with E-state index in [1.165, 1.54) is 12.1 Å². The Kier molecular flexibility index (Phi) is 12.5. The Labute approximate surface area is 262 Å². The normalized spacial score (nSPS) is 12.5. The number of methoxy groups -OCH3 is 1. The minimum atomic E-state index is -1.79. The zero-order valence-electron chi connectivity index (χ0n) is 24.0. The van der Waals surface area contributed by atoms with E-state index in [0.29, 0.717) is 26.0 Å². The minimum absolute atomic E-state index is 0.00544. The van der Waals surface area contributed by atoms with Gasteiger partial charge in [-0.2, -0.15) is 0 Å². The second-order valence-electron chi connectivity index (χ2n) is 9.86. The second kappa shape index (κ2) is 16.0. The Morgan fingerprint density at radius 1 is 1.05 bits per heavy atom. The van der Waals surface area contributed by atoms with E-state index in [0.717, 1.165) is 11.8 Å². The number of hydrazine groups is 1. The van der Waals surface area contributed by atoms with Gasteiger partial charge in [-0.15, -0.1) is 5.10 Å². The van der Waals surface area contributed by atoms with Gasteiger partial charge in [0.1, 0.15) is 0 Å². The Morgan fingerprint density at radius 2 is 1.73 bits per heavy atom. The highest BCUT2D eigenvalue weighted by Gasteiger charge is 2.28. The smallest absolute Gasteiger partial charge is 0.339 e. The molecule has 16 heteroatoms. The molecule has 2 atom stereocenters. The summed E-state index contributed by atoms with van der Waals surface area (Å²) in [6, 6.07) is 12.1. The number of amides is 1. The highest BCUT2D eigenvalue weighted by atomic mass is 35.5. The molecule has 3 aromatic rings. The number of hydrogen-bond acceptors (Lipinski definition) is 12. The van der Waals surface area contributed by atoms with Gasteiger partial charge in [0, 0.05) is 22.2 Å². The topological polar surface area (TPSA) is 182 Å². The number of hydrogen-bond donors (Lipinski definition) is 3. The van der Waals surface area contributed by atoms with Crippen LogP contribution in [0.15, 0.2) is 48.7 Å². The molecule has 1 amide bonds. The predicted octanol–water partition coefficient (Wildman–Crippen LogP) is 2.88. The molecule has 3 rings (SSSR count). The first-order valence-corrected chi connectivity index (χ1v) is 13.9. The maximum Gasteiger partial charge on any atom is 0.339 e. The molecule has 236 valence electrons. The molecule has 3 N–H and O–H groups in total. The number of carbonyl (C=O) groups is 4. The van der Waals surface area contributed by atoms with Gasteiger partial charge >= 0.3 is 17.9 Å². The van der Waals surface area contributed by atoms with Gasteiger partial charge < -0.3 is 24.5 Å². The van der Waals surface area contributed by atoms with Crippen LogP contribution in [0.3, 0.4) is 0 Å². The second-order valence-corrected chi connectivity index (χ2v) is 10.7. The van der Waals surface area contributed by atoms with Crippen molar-refractivity contribution in [1.82, 2.24) is 25.6 Å². The number of carbonyl (C=O) groups excluding carboxylic acids is 4. The number of ether oxygens (including phenoxy) is 3. The molecule has 0 saturated heterocycles. The number of nitrogens with zero attached hydrogens (tertiary/aromatic N) is 4. The number of esters is 3. The van der Waals surface area contributed by atoms with Crippen molar-refractivity contribution in [3.05, 3.63) is 70.0 Å². The van der Waals surface area contributed by atoms with Gasteiger partial charge in [-0.3, -0.25) is 19.8 Å². The highest BCUT2D eigenvalue weighted by Crippen LogP contribution is 2.30. The van der Waals surface area contributed by atoms with E-state index in [2.05, 4.69) is 20.5 Å². The van der Waals surface area contributed by atoms with Crippen molar-refractivity contribution in [1.29, 1.82) is 0 Å². The summed E-state index contributed by atoms with van der Waals surface area (Å²) in [6.45, 7) is 2.18. The third kappa shape index (κ3) is 9.91. The lowest BCUT2D eigenvalue weighted by Crippen LogP contribution is -2.47. The van der Waals surface area contributed by atoms with Gasteiger partial charge in [0.05, 0.1) is 32.2 Å². The van der Waals surface area contributed by atoms with Crippen LogP contribution in [0.25, 0.3) is 11.1 Å². The number of aliphatic hydroxyl groups excluding tert-OH is 1. The standard InChI is InChI=1S/C28H31Cl2N5O9/c1-16(2)20(11-25(37)42-3)27(39)43-15-44-28(40)24(36)14-34(32-26(38)23-13-35(41)33-31-23)12-17-4-6-18(7-5-17)21-10-19(29)8-9-22(21)30/h4-10,13,16,20,24,36,41H,11-12,14-15H2,1-3H3,(H,32,38)/t20-,24+/m0/s1. The lowest BCUT2D eigenvalue weighted by molar-refractivity contribution is -0.178. The van der Waals surface area contributed by atoms with Crippen LogP contribution in [0, 0.1) is 11.8 Å². The SMILES string of the molecule is COC(=O)C[C@H](C(=O)OCOC(=O)[C@H](O)CN(Cc1ccc(-c2cc(Cl)ccc2Cl)cc1)NC(=O)c1cn(O)nn1)C(C)C. The molecule has 0 aliphatic heterocycles. The zero-order chi connectivity index (χ0) is 32.4. The quantitative estimate of drug-likeness (QED) is 0.100. The first-order valence-electron chi connectivity index (χ1n) is 13.2. The summed E-state index contributed by atoms with van der Waals surface area (Å²) in [6.07, 6.45) is -1.04. The number of aromatic nitrogens is 3. The Morgan fingerprint density at radius 3 is 2.34 bits per heavy atom. The van der Waals surface area contributed by atoms with Crippen LogP contribution in [0.4, 0.5) is 0 Å². The Bertz CT molecular complexity index is 1470. The molecule has 0 radical (unpaired) electrons. The third-order valence-corrected chi connectivity index (χ3v) is 6.90. The van der Waals surface area contributed by atoms with Gasteiger partial charge in [-0.05, 0) is 40.5 Å². The average Bonchev–Trinajstić information content (AvgIpc) is 3.43. The Balaban J connectivity index is 1.66. The molecule has 14 nitrogen and oxygen atoms in total. The van der Waals surface area contributed by atoms with E-state index in [4.69, 9.17) is 32.7 Å². The molecule has 0 aliphatic rings. The van der Waals surface area contributed by atoms with E-state index in [1.807, 2.05) is 0 Å². The fraction of sp³-hybridized carbons (Fsp3) is 0.357.